The standard InChI is InChI=1S/C29H41FN6O2/c1-20(28(31)37)33(2)27(22-7-4-3-5-8-22)29(38)36-18-24-9-6-15-34(24)19-26(36)25-14-16-35(32-25)17-21-10-12-23(30)13-11-21/h10-14,16,20,22,24,26-27H,3-9,15,17-19H2,1-2H3,(H2,31,37)/t20-,24+,26-,27-/m0/s1. The number of rotatable bonds is 8. The van der Waals surface area contributed by atoms with Crippen molar-refractivity contribution in [2.24, 2.45) is 11.7 Å². The van der Waals surface area contributed by atoms with Gasteiger partial charge >= 0.3 is 0 Å². The number of amides is 2. The van der Waals surface area contributed by atoms with E-state index in [4.69, 9.17) is 10.8 Å². The highest BCUT2D eigenvalue weighted by atomic mass is 19.1. The molecule has 206 valence electrons. The van der Waals surface area contributed by atoms with E-state index in [0.29, 0.717) is 19.1 Å². The fourth-order valence-electron chi connectivity index (χ4n) is 6.70. The predicted molar refractivity (Wildman–Crippen MR) is 144 cm³/mol. The molecule has 2 aliphatic heterocycles. The molecule has 1 aromatic carbocycles. The Balaban J connectivity index is 1.43. The zero-order valence-corrected chi connectivity index (χ0v) is 22.6. The Morgan fingerprint density at radius 2 is 1.82 bits per heavy atom. The lowest BCUT2D eigenvalue weighted by Gasteiger charge is -2.47. The predicted octanol–water partition coefficient (Wildman–Crippen LogP) is 3.17. The molecule has 0 spiro atoms. The van der Waals surface area contributed by atoms with Gasteiger partial charge in [-0.15, -0.1) is 0 Å². The minimum Gasteiger partial charge on any atom is -0.368 e. The lowest BCUT2D eigenvalue weighted by molar-refractivity contribution is -0.147. The van der Waals surface area contributed by atoms with Gasteiger partial charge in [-0.05, 0) is 75.9 Å². The number of piperazine rings is 1. The Morgan fingerprint density at radius 1 is 1.08 bits per heavy atom. The number of aromatic nitrogens is 2. The quantitative estimate of drug-likeness (QED) is 0.573. The first kappa shape index (κ1) is 26.8. The van der Waals surface area contributed by atoms with Crippen molar-refractivity contribution >= 4 is 11.8 Å². The maximum Gasteiger partial charge on any atom is 0.240 e. The number of benzene rings is 1. The average Bonchev–Trinajstić information content (AvgIpc) is 3.58. The second-order valence-electron chi connectivity index (χ2n) is 11.4. The number of fused-ring (bicyclic) bond motifs is 1. The van der Waals surface area contributed by atoms with Gasteiger partial charge in [0.25, 0.3) is 0 Å². The van der Waals surface area contributed by atoms with Crippen molar-refractivity contribution in [3.63, 3.8) is 0 Å². The first-order chi connectivity index (χ1) is 18.3. The number of hydrogen-bond acceptors (Lipinski definition) is 5. The van der Waals surface area contributed by atoms with E-state index in [1.54, 1.807) is 19.1 Å². The van der Waals surface area contributed by atoms with Gasteiger partial charge in [0, 0.05) is 25.3 Å². The number of primary amides is 1. The van der Waals surface area contributed by atoms with Crippen molar-refractivity contribution in [1.29, 1.82) is 0 Å². The molecule has 2 N–H and O–H groups in total. The molecule has 5 rings (SSSR count). The van der Waals surface area contributed by atoms with Crippen molar-refractivity contribution in [2.45, 2.75) is 82.6 Å². The summed E-state index contributed by atoms with van der Waals surface area (Å²) in [7, 11) is 1.88. The van der Waals surface area contributed by atoms with Crippen molar-refractivity contribution in [3.05, 3.63) is 53.6 Å². The summed E-state index contributed by atoms with van der Waals surface area (Å²) in [5.74, 6) is -0.356. The van der Waals surface area contributed by atoms with E-state index in [9.17, 15) is 14.0 Å². The lowest BCUT2D eigenvalue weighted by Crippen LogP contribution is -2.61. The van der Waals surface area contributed by atoms with E-state index in [-0.39, 0.29) is 29.7 Å². The molecule has 0 unspecified atom stereocenters. The molecule has 0 radical (unpaired) electrons. The van der Waals surface area contributed by atoms with Gasteiger partial charge in [-0.25, -0.2) is 4.39 Å². The summed E-state index contributed by atoms with van der Waals surface area (Å²) in [4.78, 5) is 33.1. The van der Waals surface area contributed by atoms with Crippen LogP contribution in [0.15, 0.2) is 36.5 Å². The minimum atomic E-state index is -0.521. The maximum atomic E-state index is 14.5. The van der Waals surface area contributed by atoms with E-state index in [1.807, 2.05) is 28.9 Å². The zero-order chi connectivity index (χ0) is 26.8. The van der Waals surface area contributed by atoms with Gasteiger partial charge < -0.3 is 10.6 Å². The number of nitrogens with zero attached hydrogens (tertiary/aromatic N) is 5. The van der Waals surface area contributed by atoms with Gasteiger partial charge in [0.05, 0.1) is 30.4 Å². The zero-order valence-electron chi connectivity index (χ0n) is 22.6. The lowest BCUT2D eigenvalue weighted by atomic mass is 9.82. The topological polar surface area (TPSA) is 87.7 Å². The van der Waals surface area contributed by atoms with Crippen LogP contribution in [0.3, 0.4) is 0 Å². The highest BCUT2D eigenvalue weighted by Gasteiger charge is 2.45. The molecule has 1 aliphatic carbocycles. The van der Waals surface area contributed by atoms with Gasteiger partial charge in [-0.1, -0.05) is 31.4 Å². The molecular weight excluding hydrogens is 483 g/mol. The Bertz CT molecular complexity index is 1110. The van der Waals surface area contributed by atoms with Gasteiger partial charge in [0.15, 0.2) is 0 Å². The molecule has 2 amide bonds. The van der Waals surface area contributed by atoms with Crippen molar-refractivity contribution in [3.8, 4) is 0 Å². The number of carbonyl (C=O) groups is 2. The van der Waals surface area contributed by atoms with Gasteiger partial charge in [-0.2, -0.15) is 5.10 Å². The number of halogens is 1. The second-order valence-corrected chi connectivity index (χ2v) is 11.4. The van der Waals surface area contributed by atoms with Crippen LogP contribution in [0.5, 0.6) is 0 Å². The summed E-state index contributed by atoms with van der Waals surface area (Å²) in [6.45, 7) is 4.82. The maximum absolute atomic E-state index is 14.5. The molecule has 0 bridgehead atoms. The molecule has 1 saturated carbocycles. The van der Waals surface area contributed by atoms with Gasteiger partial charge in [0.2, 0.25) is 11.8 Å². The van der Waals surface area contributed by atoms with Crippen LogP contribution in [0.25, 0.3) is 0 Å². The third-order valence-corrected chi connectivity index (χ3v) is 9.04. The second kappa shape index (κ2) is 11.5. The fourth-order valence-corrected chi connectivity index (χ4v) is 6.70. The molecule has 3 fully saturated rings. The molecular formula is C29H41FN6O2. The molecule has 8 nitrogen and oxygen atoms in total. The third-order valence-electron chi connectivity index (χ3n) is 9.04. The molecule has 38 heavy (non-hydrogen) atoms. The molecule has 3 aliphatic rings. The third kappa shape index (κ3) is 5.64. The van der Waals surface area contributed by atoms with Crippen molar-refractivity contribution < 1.29 is 14.0 Å². The smallest absolute Gasteiger partial charge is 0.240 e. The summed E-state index contributed by atoms with van der Waals surface area (Å²) in [6, 6.07) is 7.78. The Hall–Kier alpha value is -2.78. The molecule has 2 saturated heterocycles. The van der Waals surface area contributed by atoms with E-state index >= 15 is 0 Å². The number of nitrogens with two attached hydrogens (primary N) is 1. The number of hydrogen-bond donors (Lipinski definition) is 1. The first-order valence-electron chi connectivity index (χ1n) is 14.2. The van der Waals surface area contributed by atoms with Crippen molar-refractivity contribution in [2.75, 3.05) is 26.7 Å². The SMILES string of the molecule is C[C@@H](C(N)=O)N(C)[C@H](C(=O)N1C[C@H]2CCCN2C[C@H]1c1ccn(Cc2ccc(F)cc2)n1)C1CCCCC1. The largest absolute Gasteiger partial charge is 0.368 e. The van der Waals surface area contributed by atoms with E-state index in [0.717, 1.165) is 62.9 Å². The highest BCUT2D eigenvalue weighted by Crippen LogP contribution is 2.36. The monoisotopic (exact) mass is 524 g/mol. The van der Waals surface area contributed by atoms with Crippen LogP contribution >= 0.6 is 0 Å². The van der Waals surface area contributed by atoms with Gasteiger partial charge in [-0.3, -0.25) is 24.1 Å². The molecule has 9 heteroatoms. The minimum absolute atomic E-state index is 0.0946. The van der Waals surface area contributed by atoms with Crippen LogP contribution in [0, 0.1) is 11.7 Å². The Kier molecular flexibility index (Phi) is 8.14. The summed E-state index contributed by atoms with van der Waals surface area (Å²) in [5, 5.41) is 4.89. The van der Waals surface area contributed by atoms with Crippen LogP contribution in [-0.2, 0) is 16.1 Å². The van der Waals surface area contributed by atoms with Crippen LogP contribution < -0.4 is 5.73 Å². The molecule has 1 aromatic heterocycles. The van der Waals surface area contributed by atoms with Gasteiger partial charge in [0.1, 0.15) is 5.82 Å². The van der Waals surface area contributed by atoms with Crippen LogP contribution in [-0.4, -0.2) is 81.1 Å². The molecule has 3 heterocycles. The summed E-state index contributed by atoms with van der Waals surface area (Å²) < 4.78 is 15.2. The number of carbonyl (C=O) groups excluding carboxylic acids is 2. The van der Waals surface area contributed by atoms with E-state index in [1.165, 1.54) is 18.6 Å². The summed E-state index contributed by atoms with van der Waals surface area (Å²) in [6.07, 6.45) is 9.58. The van der Waals surface area contributed by atoms with Crippen molar-refractivity contribution in [1.82, 2.24) is 24.5 Å². The number of likely N-dealkylation sites (N-methyl/N-ethyl adjacent to an activating group) is 1. The molecule has 2 aromatic rings. The first-order valence-corrected chi connectivity index (χ1v) is 14.2. The Morgan fingerprint density at radius 3 is 2.53 bits per heavy atom. The van der Waals surface area contributed by atoms with E-state index < -0.39 is 11.9 Å². The summed E-state index contributed by atoms with van der Waals surface area (Å²) in [5.41, 5.74) is 7.54. The van der Waals surface area contributed by atoms with E-state index in [2.05, 4.69) is 9.80 Å². The van der Waals surface area contributed by atoms with Crippen LogP contribution in [0.1, 0.15) is 69.2 Å². The highest BCUT2D eigenvalue weighted by molar-refractivity contribution is 5.85. The summed E-state index contributed by atoms with van der Waals surface area (Å²) >= 11 is 0. The fraction of sp³-hybridized carbons (Fsp3) is 0.621. The Labute approximate surface area is 224 Å². The van der Waals surface area contributed by atoms with Crippen LogP contribution in [0.2, 0.25) is 0 Å². The molecule has 4 atom stereocenters. The average molecular weight is 525 g/mol. The normalized spacial score (nSPS) is 24.4. The van der Waals surface area contributed by atoms with Crippen LogP contribution in [0.4, 0.5) is 4.39 Å².